The molecule has 1 aromatic carbocycles. The number of benzene rings is 1. The first-order valence-electron chi connectivity index (χ1n) is 11.7. The van der Waals surface area contributed by atoms with Crippen molar-refractivity contribution in [3.8, 4) is 17.1 Å². The second-order valence-corrected chi connectivity index (χ2v) is 8.34. The van der Waals surface area contributed by atoms with E-state index in [2.05, 4.69) is 30.4 Å². The third-order valence-corrected chi connectivity index (χ3v) is 5.80. The molecule has 0 aliphatic carbocycles. The van der Waals surface area contributed by atoms with E-state index in [4.69, 9.17) is 10.5 Å². The van der Waals surface area contributed by atoms with E-state index < -0.39 is 18.2 Å². The standard InChI is InChI=1S/C25H27F2N9O2/c1-5-19(37)16-10-30-21(33-22-12-29-20(11-31-22)25(26,27)13-28)9-18(16)36(3)17-8-6-7-15(23(17)38-4)24-32-14-35(2)34-24/h6-12,14H,5,13,28H2,1-4H3,(H,30,31,33). The average Bonchev–Trinajstić information content (AvgIpc) is 3.38. The van der Waals surface area contributed by atoms with Gasteiger partial charge >= 0.3 is 5.92 Å². The molecule has 3 aromatic heterocycles. The molecule has 198 valence electrons. The quantitative estimate of drug-likeness (QED) is 0.295. The highest BCUT2D eigenvalue weighted by Gasteiger charge is 2.31. The molecule has 0 atom stereocenters. The van der Waals surface area contributed by atoms with Crippen LogP contribution in [0, 0.1) is 0 Å². The van der Waals surface area contributed by atoms with E-state index in [-0.39, 0.29) is 18.0 Å². The van der Waals surface area contributed by atoms with Gasteiger partial charge in [0.25, 0.3) is 0 Å². The summed E-state index contributed by atoms with van der Waals surface area (Å²) >= 11 is 0. The van der Waals surface area contributed by atoms with Gasteiger partial charge in [0.05, 0.1) is 48.5 Å². The fourth-order valence-electron chi connectivity index (χ4n) is 3.79. The Kier molecular flexibility index (Phi) is 7.57. The molecule has 11 nitrogen and oxygen atoms in total. The Hall–Kier alpha value is -4.52. The number of anilines is 4. The van der Waals surface area contributed by atoms with Crippen molar-refractivity contribution in [3.63, 3.8) is 0 Å². The Morgan fingerprint density at radius 1 is 1.13 bits per heavy atom. The van der Waals surface area contributed by atoms with Gasteiger partial charge in [-0.2, -0.15) is 13.9 Å². The Morgan fingerprint density at radius 2 is 1.89 bits per heavy atom. The number of ketones is 1. The van der Waals surface area contributed by atoms with E-state index in [0.29, 0.717) is 39.9 Å². The normalized spacial score (nSPS) is 11.3. The number of ether oxygens (including phenoxy) is 1. The Bertz CT molecular complexity index is 1440. The smallest absolute Gasteiger partial charge is 0.303 e. The number of carbonyl (C=O) groups excluding carboxylic acids is 1. The SMILES string of the molecule is CCC(=O)c1cnc(Nc2cnc(C(F)(F)CN)cn2)cc1N(C)c1cccc(-c2ncn(C)n2)c1OC. The lowest BCUT2D eigenvalue weighted by Crippen LogP contribution is -2.26. The summed E-state index contributed by atoms with van der Waals surface area (Å²) in [6, 6.07) is 7.20. The van der Waals surface area contributed by atoms with Crippen LogP contribution in [0.5, 0.6) is 5.75 Å². The Labute approximate surface area is 217 Å². The highest BCUT2D eigenvalue weighted by molar-refractivity contribution is 6.02. The fraction of sp³-hybridized carbons (Fsp3) is 0.280. The molecule has 0 fully saturated rings. The first kappa shape index (κ1) is 26.5. The van der Waals surface area contributed by atoms with Gasteiger partial charge in [0.1, 0.15) is 23.7 Å². The zero-order chi connectivity index (χ0) is 27.4. The zero-order valence-corrected chi connectivity index (χ0v) is 21.3. The van der Waals surface area contributed by atoms with Crippen LogP contribution in [-0.2, 0) is 13.0 Å². The van der Waals surface area contributed by atoms with Crippen LogP contribution < -0.4 is 20.7 Å². The number of nitrogens with one attached hydrogen (secondary N) is 1. The van der Waals surface area contributed by atoms with Crippen molar-refractivity contribution >= 4 is 28.8 Å². The summed E-state index contributed by atoms with van der Waals surface area (Å²) in [5.74, 6) is -1.86. The molecule has 0 spiro atoms. The molecule has 0 unspecified atom stereocenters. The molecule has 13 heteroatoms. The zero-order valence-electron chi connectivity index (χ0n) is 21.3. The minimum Gasteiger partial charge on any atom is -0.494 e. The summed E-state index contributed by atoms with van der Waals surface area (Å²) in [6.45, 7) is 0.889. The number of pyridine rings is 1. The summed E-state index contributed by atoms with van der Waals surface area (Å²) in [5.41, 5.74) is 6.86. The molecule has 0 aliphatic rings. The molecule has 0 aliphatic heterocycles. The molecular weight excluding hydrogens is 496 g/mol. The number of para-hydroxylation sites is 1. The predicted molar refractivity (Wildman–Crippen MR) is 138 cm³/mol. The number of carbonyl (C=O) groups is 1. The number of hydrogen-bond donors (Lipinski definition) is 2. The van der Waals surface area contributed by atoms with Crippen molar-refractivity contribution in [2.45, 2.75) is 19.3 Å². The maximum atomic E-state index is 13.8. The van der Waals surface area contributed by atoms with E-state index in [0.717, 1.165) is 6.20 Å². The minimum atomic E-state index is -3.28. The number of methoxy groups -OCH3 is 1. The van der Waals surface area contributed by atoms with Gasteiger partial charge in [0, 0.05) is 32.8 Å². The largest absolute Gasteiger partial charge is 0.494 e. The minimum absolute atomic E-state index is 0.111. The highest BCUT2D eigenvalue weighted by atomic mass is 19.3. The van der Waals surface area contributed by atoms with Crippen LogP contribution in [0.15, 0.2) is 49.2 Å². The predicted octanol–water partition coefficient (Wildman–Crippen LogP) is 3.83. The highest BCUT2D eigenvalue weighted by Crippen LogP contribution is 2.41. The molecule has 0 bridgehead atoms. The third kappa shape index (κ3) is 5.27. The average molecular weight is 524 g/mol. The molecule has 4 aromatic rings. The van der Waals surface area contributed by atoms with E-state index in [9.17, 15) is 13.6 Å². The molecule has 0 amide bonds. The number of nitrogens with two attached hydrogens (primary N) is 1. The molecule has 4 rings (SSSR count). The number of aromatic nitrogens is 6. The van der Waals surface area contributed by atoms with Crippen LogP contribution in [-0.4, -0.2) is 56.2 Å². The van der Waals surface area contributed by atoms with Crippen LogP contribution in [0.2, 0.25) is 0 Å². The number of hydrogen-bond acceptors (Lipinski definition) is 10. The van der Waals surface area contributed by atoms with Crippen molar-refractivity contribution in [1.29, 1.82) is 0 Å². The van der Waals surface area contributed by atoms with Crippen molar-refractivity contribution in [2.24, 2.45) is 12.8 Å². The summed E-state index contributed by atoms with van der Waals surface area (Å²) < 4.78 is 34.9. The van der Waals surface area contributed by atoms with Crippen molar-refractivity contribution in [2.75, 3.05) is 30.9 Å². The first-order valence-corrected chi connectivity index (χ1v) is 11.7. The van der Waals surface area contributed by atoms with E-state index in [1.54, 1.807) is 50.1 Å². The van der Waals surface area contributed by atoms with Gasteiger partial charge in [-0.3, -0.25) is 9.48 Å². The molecule has 3 heterocycles. The number of Topliss-reactive ketones (excluding diaryl/α,β-unsaturated/α-hetero) is 1. The lowest BCUT2D eigenvalue weighted by molar-refractivity contribution is 0.00103. The maximum absolute atomic E-state index is 13.8. The van der Waals surface area contributed by atoms with Crippen LogP contribution in [0.25, 0.3) is 11.4 Å². The molecule has 38 heavy (non-hydrogen) atoms. The maximum Gasteiger partial charge on any atom is 0.303 e. The Morgan fingerprint density at radius 3 is 2.50 bits per heavy atom. The Balaban J connectivity index is 1.73. The fourth-order valence-corrected chi connectivity index (χ4v) is 3.79. The van der Waals surface area contributed by atoms with Crippen LogP contribution >= 0.6 is 0 Å². The number of nitrogens with zero attached hydrogens (tertiary/aromatic N) is 7. The molecule has 3 N–H and O–H groups in total. The second-order valence-electron chi connectivity index (χ2n) is 8.34. The van der Waals surface area contributed by atoms with Crippen molar-refractivity contribution in [1.82, 2.24) is 29.7 Å². The summed E-state index contributed by atoms with van der Waals surface area (Å²) in [5, 5.41) is 7.32. The number of rotatable bonds is 10. The van der Waals surface area contributed by atoms with Crippen molar-refractivity contribution < 1.29 is 18.3 Å². The number of halogens is 2. The molecular formula is C25H27F2N9O2. The van der Waals surface area contributed by atoms with Crippen molar-refractivity contribution in [3.05, 3.63) is 60.4 Å². The number of alkyl halides is 2. The van der Waals surface area contributed by atoms with E-state index in [1.807, 2.05) is 18.2 Å². The van der Waals surface area contributed by atoms with Gasteiger partial charge in [-0.25, -0.2) is 19.9 Å². The molecule has 0 radical (unpaired) electrons. The lowest BCUT2D eigenvalue weighted by Gasteiger charge is -2.25. The second kappa shape index (κ2) is 10.8. The summed E-state index contributed by atoms with van der Waals surface area (Å²) in [6.07, 6.45) is 5.45. The van der Waals surface area contributed by atoms with Crippen LogP contribution in [0.1, 0.15) is 29.4 Å². The third-order valence-electron chi connectivity index (χ3n) is 5.80. The number of aryl methyl sites for hydroxylation is 1. The van der Waals surface area contributed by atoms with Gasteiger partial charge in [-0.1, -0.05) is 13.0 Å². The van der Waals surface area contributed by atoms with Gasteiger partial charge in [0.15, 0.2) is 17.4 Å². The van der Waals surface area contributed by atoms with Gasteiger partial charge in [0.2, 0.25) is 0 Å². The summed E-state index contributed by atoms with van der Waals surface area (Å²) in [7, 11) is 5.12. The molecule has 0 saturated carbocycles. The van der Waals surface area contributed by atoms with Crippen LogP contribution in [0.4, 0.5) is 31.8 Å². The van der Waals surface area contributed by atoms with E-state index in [1.165, 1.54) is 12.4 Å². The monoisotopic (exact) mass is 523 g/mol. The van der Waals surface area contributed by atoms with Gasteiger partial charge in [-0.05, 0) is 12.1 Å². The lowest BCUT2D eigenvalue weighted by atomic mass is 10.1. The van der Waals surface area contributed by atoms with E-state index >= 15 is 0 Å². The topological polar surface area (TPSA) is 137 Å². The first-order chi connectivity index (χ1) is 18.2. The van der Waals surface area contributed by atoms with Gasteiger partial charge in [-0.15, -0.1) is 0 Å². The summed E-state index contributed by atoms with van der Waals surface area (Å²) in [4.78, 5) is 31.0. The van der Waals surface area contributed by atoms with Gasteiger partial charge < -0.3 is 20.7 Å². The van der Waals surface area contributed by atoms with Crippen LogP contribution in [0.3, 0.4) is 0 Å². The molecule has 0 saturated heterocycles.